The quantitative estimate of drug-likeness (QED) is 0.734. The molecule has 0 bridgehead atoms. The Morgan fingerprint density at radius 2 is 2.16 bits per heavy atom. The number of hydrogen-bond donors (Lipinski definition) is 3. The van der Waals surface area contributed by atoms with E-state index in [4.69, 9.17) is 11.5 Å². The number of anilines is 2. The molecular formula is C13H15N5O. The molecule has 0 atom stereocenters. The van der Waals surface area contributed by atoms with Crippen LogP contribution in [0.1, 0.15) is 16.1 Å². The maximum atomic E-state index is 11.0. The lowest BCUT2D eigenvalue weighted by atomic mass is 10.2. The van der Waals surface area contributed by atoms with Crippen LogP contribution in [0.3, 0.4) is 0 Å². The lowest BCUT2D eigenvalue weighted by molar-refractivity contribution is 0.0996. The molecule has 0 aliphatic rings. The van der Waals surface area contributed by atoms with Crippen molar-refractivity contribution in [2.45, 2.75) is 6.42 Å². The predicted molar refractivity (Wildman–Crippen MR) is 73.6 cm³/mol. The minimum Gasteiger partial charge on any atom is -0.396 e. The number of amides is 1. The van der Waals surface area contributed by atoms with Crippen LogP contribution in [-0.4, -0.2) is 22.4 Å². The van der Waals surface area contributed by atoms with Crippen molar-refractivity contribution in [3.63, 3.8) is 0 Å². The monoisotopic (exact) mass is 257 g/mol. The number of nitrogens with zero attached hydrogens (tertiary/aromatic N) is 2. The molecule has 0 fully saturated rings. The molecular weight excluding hydrogens is 242 g/mol. The van der Waals surface area contributed by atoms with E-state index in [1.165, 1.54) is 6.07 Å². The normalized spacial score (nSPS) is 10.1. The van der Waals surface area contributed by atoms with E-state index in [9.17, 15) is 4.79 Å². The topological polar surface area (TPSA) is 107 Å². The molecule has 19 heavy (non-hydrogen) atoms. The number of carbonyl (C=O) groups is 1. The number of primary amides is 1. The average Bonchev–Trinajstić information content (AvgIpc) is 2.42. The Labute approximate surface area is 110 Å². The Morgan fingerprint density at radius 1 is 1.32 bits per heavy atom. The van der Waals surface area contributed by atoms with Gasteiger partial charge in [-0.2, -0.15) is 0 Å². The highest BCUT2D eigenvalue weighted by Gasteiger charge is 2.06. The first kappa shape index (κ1) is 12.8. The van der Waals surface area contributed by atoms with Gasteiger partial charge in [-0.3, -0.25) is 9.78 Å². The van der Waals surface area contributed by atoms with Gasteiger partial charge in [-0.1, -0.05) is 6.07 Å². The highest BCUT2D eigenvalue weighted by Crippen LogP contribution is 2.15. The molecule has 6 nitrogen and oxygen atoms in total. The van der Waals surface area contributed by atoms with Crippen LogP contribution in [0, 0.1) is 0 Å². The van der Waals surface area contributed by atoms with Gasteiger partial charge in [0.25, 0.3) is 5.91 Å². The zero-order valence-electron chi connectivity index (χ0n) is 10.3. The van der Waals surface area contributed by atoms with Crippen molar-refractivity contribution in [2.75, 3.05) is 17.6 Å². The van der Waals surface area contributed by atoms with Gasteiger partial charge in [0.05, 0.1) is 5.69 Å². The number of nitrogens with two attached hydrogens (primary N) is 2. The Hall–Kier alpha value is -2.63. The first-order valence-electron chi connectivity index (χ1n) is 5.86. The molecule has 2 rings (SSSR count). The molecule has 2 heterocycles. The van der Waals surface area contributed by atoms with E-state index in [2.05, 4.69) is 15.3 Å². The van der Waals surface area contributed by atoms with Crippen molar-refractivity contribution in [1.29, 1.82) is 0 Å². The third-order valence-electron chi connectivity index (χ3n) is 2.61. The van der Waals surface area contributed by atoms with Gasteiger partial charge in [0.2, 0.25) is 0 Å². The molecule has 1 amide bonds. The van der Waals surface area contributed by atoms with Crippen LogP contribution in [0.15, 0.2) is 36.7 Å². The fourth-order valence-electron chi connectivity index (χ4n) is 1.62. The summed E-state index contributed by atoms with van der Waals surface area (Å²) in [7, 11) is 0. The molecule has 5 N–H and O–H groups in total. The Bertz CT molecular complexity index is 571. The average molecular weight is 257 g/mol. The molecule has 6 heteroatoms. The molecule has 0 spiro atoms. The van der Waals surface area contributed by atoms with Crippen LogP contribution < -0.4 is 16.8 Å². The summed E-state index contributed by atoms with van der Waals surface area (Å²) in [6, 6.07) is 6.99. The zero-order chi connectivity index (χ0) is 13.7. The smallest absolute Gasteiger partial charge is 0.267 e. The molecule has 98 valence electrons. The van der Waals surface area contributed by atoms with E-state index in [0.717, 1.165) is 12.0 Å². The largest absolute Gasteiger partial charge is 0.396 e. The third-order valence-corrected chi connectivity index (χ3v) is 2.61. The minimum absolute atomic E-state index is 0.193. The van der Waals surface area contributed by atoms with E-state index in [1.54, 1.807) is 18.5 Å². The Morgan fingerprint density at radius 3 is 2.84 bits per heavy atom. The van der Waals surface area contributed by atoms with Crippen LogP contribution in [0.25, 0.3) is 0 Å². The number of aromatic nitrogens is 2. The zero-order valence-corrected chi connectivity index (χ0v) is 10.3. The molecule has 0 aliphatic heterocycles. The number of pyridine rings is 2. The van der Waals surface area contributed by atoms with E-state index in [1.807, 2.05) is 12.1 Å². The maximum absolute atomic E-state index is 11.0. The number of nitrogens with one attached hydrogen (secondary N) is 1. The number of rotatable bonds is 5. The number of hydrogen-bond acceptors (Lipinski definition) is 5. The molecule has 0 saturated heterocycles. The fraction of sp³-hybridized carbons (Fsp3) is 0.154. The van der Waals surface area contributed by atoms with Gasteiger partial charge >= 0.3 is 0 Å². The molecule has 0 unspecified atom stereocenters. The minimum atomic E-state index is -0.574. The lowest BCUT2D eigenvalue weighted by Crippen LogP contribution is -2.16. The van der Waals surface area contributed by atoms with Gasteiger partial charge in [0.1, 0.15) is 11.5 Å². The van der Waals surface area contributed by atoms with E-state index in [0.29, 0.717) is 18.1 Å². The van der Waals surface area contributed by atoms with Gasteiger partial charge in [-0.25, -0.2) is 4.98 Å². The standard InChI is InChI=1S/C13H15N5O/c14-10-3-4-11(12(15)19)18-13(10)17-7-5-9-2-1-6-16-8-9/h1-4,6,8H,5,7,14H2,(H2,15,19)(H,17,18). The molecule has 0 radical (unpaired) electrons. The first-order chi connectivity index (χ1) is 9.16. The highest BCUT2D eigenvalue weighted by atomic mass is 16.1. The van der Waals surface area contributed by atoms with Crippen molar-refractivity contribution < 1.29 is 4.79 Å². The second kappa shape index (κ2) is 5.81. The summed E-state index contributed by atoms with van der Waals surface area (Å²) < 4.78 is 0. The summed E-state index contributed by atoms with van der Waals surface area (Å²) in [5.41, 5.74) is 12.7. The SMILES string of the molecule is NC(=O)c1ccc(N)c(NCCc2cccnc2)n1. The van der Waals surface area contributed by atoms with Gasteiger partial charge in [-0.15, -0.1) is 0 Å². The van der Waals surface area contributed by atoms with E-state index >= 15 is 0 Å². The van der Waals surface area contributed by atoms with E-state index < -0.39 is 5.91 Å². The summed E-state index contributed by atoms with van der Waals surface area (Å²) in [5, 5.41) is 3.09. The maximum Gasteiger partial charge on any atom is 0.267 e. The summed E-state index contributed by atoms with van der Waals surface area (Å²) in [6.45, 7) is 0.644. The van der Waals surface area contributed by atoms with Crippen LogP contribution in [0.4, 0.5) is 11.5 Å². The molecule has 2 aromatic rings. The summed E-state index contributed by atoms with van der Waals surface area (Å²) in [4.78, 5) is 19.2. The lowest BCUT2D eigenvalue weighted by Gasteiger charge is -2.09. The van der Waals surface area contributed by atoms with Crippen molar-refractivity contribution in [2.24, 2.45) is 5.73 Å². The second-order valence-electron chi connectivity index (χ2n) is 4.04. The number of carbonyl (C=O) groups excluding carboxylic acids is 1. The second-order valence-corrected chi connectivity index (χ2v) is 4.04. The van der Waals surface area contributed by atoms with Gasteiger partial charge in [0.15, 0.2) is 0 Å². The Kier molecular flexibility index (Phi) is 3.92. The summed E-state index contributed by atoms with van der Waals surface area (Å²) in [5.74, 6) is -0.101. The van der Waals surface area contributed by atoms with Crippen molar-refractivity contribution >= 4 is 17.4 Å². The summed E-state index contributed by atoms with van der Waals surface area (Å²) in [6.07, 6.45) is 4.32. The van der Waals surface area contributed by atoms with Gasteiger partial charge < -0.3 is 16.8 Å². The van der Waals surface area contributed by atoms with Crippen LogP contribution >= 0.6 is 0 Å². The third kappa shape index (κ3) is 3.41. The van der Waals surface area contributed by atoms with E-state index in [-0.39, 0.29) is 5.69 Å². The van der Waals surface area contributed by atoms with Crippen LogP contribution in [0.5, 0.6) is 0 Å². The van der Waals surface area contributed by atoms with Crippen LogP contribution in [-0.2, 0) is 6.42 Å². The van der Waals surface area contributed by atoms with Crippen molar-refractivity contribution in [1.82, 2.24) is 9.97 Å². The molecule has 2 aromatic heterocycles. The molecule has 0 aliphatic carbocycles. The van der Waals surface area contributed by atoms with Gasteiger partial charge in [-0.05, 0) is 30.2 Å². The Balaban J connectivity index is 1.99. The van der Waals surface area contributed by atoms with Crippen LogP contribution in [0.2, 0.25) is 0 Å². The number of nitrogen functional groups attached to an aromatic ring is 1. The van der Waals surface area contributed by atoms with Crippen molar-refractivity contribution in [3.05, 3.63) is 47.9 Å². The van der Waals surface area contributed by atoms with Crippen molar-refractivity contribution in [3.8, 4) is 0 Å². The van der Waals surface area contributed by atoms with Gasteiger partial charge in [0, 0.05) is 18.9 Å². The fourth-order valence-corrected chi connectivity index (χ4v) is 1.62. The highest BCUT2D eigenvalue weighted by molar-refractivity contribution is 5.91. The summed E-state index contributed by atoms with van der Waals surface area (Å²) >= 11 is 0. The predicted octanol–water partition coefficient (Wildman–Crippen LogP) is 0.812. The molecule has 0 aromatic carbocycles. The first-order valence-corrected chi connectivity index (χ1v) is 5.86. The molecule has 0 saturated carbocycles.